The van der Waals surface area contributed by atoms with Gasteiger partial charge in [0.15, 0.2) is 0 Å². The van der Waals surface area contributed by atoms with Crippen LogP contribution in [0.2, 0.25) is 0 Å². The molecular weight excluding hydrogens is 416 g/mol. The highest BCUT2D eigenvalue weighted by Gasteiger charge is 2.23. The second-order valence-corrected chi connectivity index (χ2v) is 8.22. The Kier molecular flexibility index (Phi) is 6.65. The number of nitrogens with zero attached hydrogens (tertiary/aromatic N) is 5. The molecule has 0 radical (unpaired) electrons. The Balaban J connectivity index is 1.41. The van der Waals surface area contributed by atoms with Crippen molar-refractivity contribution in [2.45, 2.75) is 45.4 Å². The zero-order chi connectivity index (χ0) is 23.3. The van der Waals surface area contributed by atoms with Crippen LogP contribution < -0.4 is 15.2 Å². The molecule has 0 saturated heterocycles. The Hall–Kier alpha value is -3.78. The molecule has 1 atom stereocenters. The van der Waals surface area contributed by atoms with E-state index < -0.39 is 0 Å². The normalized spacial score (nSPS) is 12.4. The summed E-state index contributed by atoms with van der Waals surface area (Å²) < 4.78 is 13.1. The first-order valence-electron chi connectivity index (χ1n) is 10.9. The quantitative estimate of drug-likeness (QED) is 0.389. The summed E-state index contributed by atoms with van der Waals surface area (Å²) in [4.78, 5) is 8.67. The molecule has 2 aromatic carbocycles. The van der Waals surface area contributed by atoms with Gasteiger partial charge in [-0.1, -0.05) is 50.3 Å². The van der Waals surface area contributed by atoms with E-state index in [4.69, 9.17) is 15.2 Å². The van der Waals surface area contributed by atoms with Crippen molar-refractivity contribution in [3.8, 4) is 17.4 Å². The molecule has 0 spiro atoms. The number of ether oxygens (including phenoxy) is 2. The van der Waals surface area contributed by atoms with Crippen molar-refractivity contribution in [2.75, 3.05) is 0 Å². The van der Waals surface area contributed by atoms with E-state index in [0.29, 0.717) is 12.6 Å². The van der Waals surface area contributed by atoms with Crippen LogP contribution in [0.3, 0.4) is 0 Å². The smallest absolute Gasteiger partial charge is 0.252 e. The molecule has 2 heterocycles. The molecule has 0 aliphatic rings. The van der Waals surface area contributed by atoms with Crippen LogP contribution in [-0.4, -0.2) is 31.2 Å². The fourth-order valence-electron chi connectivity index (χ4n) is 3.39. The first-order chi connectivity index (χ1) is 16.0. The van der Waals surface area contributed by atoms with Crippen LogP contribution in [0, 0.1) is 0 Å². The molecule has 33 heavy (non-hydrogen) atoms. The van der Waals surface area contributed by atoms with Gasteiger partial charge in [0, 0.05) is 11.6 Å². The lowest BCUT2D eigenvalue weighted by atomic mass is 9.78. The first-order valence-corrected chi connectivity index (χ1v) is 10.9. The van der Waals surface area contributed by atoms with Gasteiger partial charge in [0.2, 0.25) is 0 Å². The zero-order valence-electron chi connectivity index (χ0n) is 19.0. The van der Waals surface area contributed by atoms with Gasteiger partial charge in [-0.2, -0.15) is 4.68 Å². The van der Waals surface area contributed by atoms with Gasteiger partial charge in [-0.15, -0.1) is 5.10 Å². The van der Waals surface area contributed by atoms with Gasteiger partial charge >= 0.3 is 0 Å². The lowest BCUT2D eigenvalue weighted by Gasteiger charge is -2.26. The molecule has 2 aromatic heterocycles. The van der Waals surface area contributed by atoms with Crippen molar-refractivity contribution in [1.82, 2.24) is 25.0 Å². The number of aromatic nitrogens is 5. The molecule has 0 fully saturated rings. The lowest BCUT2D eigenvalue weighted by molar-refractivity contribution is 0.205. The highest BCUT2D eigenvalue weighted by molar-refractivity contribution is 5.41. The molecule has 2 N–H and O–H groups in total. The van der Waals surface area contributed by atoms with Gasteiger partial charge in [0.1, 0.15) is 24.3 Å². The third kappa shape index (κ3) is 5.35. The van der Waals surface area contributed by atoms with E-state index in [1.807, 2.05) is 37.3 Å². The van der Waals surface area contributed by atoms with Crippen LogP contribution in [0.25, 0.3) is 5.95 Å². The highest BCUT2D eigenvalue weighted by atomic mass is 16.5. The molecule has 4 rings (SSSR count). The molecular formula is C25H28N6O2. The van der Waals surface area contributed by atoms with Crippen LogP contribution in [0.5, 0.6) is 11.5 Å². The van der Waals surface area contributed by atoms with Crippen LogP contribution in [0.15, 0.2) is 73.2 Å². The van der Waals surface area contributed by atoms with Crippen molar-refractivity contribution in [3.05, 3.63) is 90.0 Å². The second kappa shape index (κ2) is 9.79. The minimum atomic E-state index is -0.284. The fourth-order valence-corrected chi connectivity index (χ4v) is 3.39. The summed E-state index contributed by atoms with van der Waals surface area (Å²) in [5, 5.41) is 7.69. The van der Waals surface area contributed by atoms with Crippen molar-refractivity contribution in [3.63, 3.8) is 0 Å². The second-order valence-electron chi connectivity index (χ2n) is 8.22. The Labute approximate surface area is 193 Å². The SMILES string of the molecule is CCC(N)Oc1ccc(C(C)(C)c2ccc(OCc3ccnc(-n4ccnn4)n3)cc2)cc1. The Morgan fingerprint density at radius 1 is 0.939 bits per heavy atom. The minimum absolute atomic E-state index is 0.177. The first kappa shape index (κ1) is 22.4. The largest absolute Gasteiger partial charge is 0.487 e. The molecule has 8 nitrogen and oxygen atoms in total. The van der Waals surface area contributed by atoms with Crippen LogP contribution in [0.1, 0.15) is 44.0 Å². The van der Waals surface area contributed by atoms with Gasteiger partial charge in [-0.3, -0.25) is 5.73 Å². The third-order valence-electron chi connectivity index (χ3n) is 5.56. The molecule has 0 saturated carbocycles. The number of rotatable bonds is 9. The van der Waals surface area contributed by atoms with Crippen molar-refractivity contribution in [1.29, 1.82) is 0 Å². The van der Waals surface area contributed by atoms with Gasteiger partial charge in [0.25, 0.3) is 5.95 Å². The topological polar surface area (TPSA) is 101 Å². The number of hydrogen-bond acceptors (Lipinski definition) is 7. The molecule has 8 heteroatoms. The van der Waals surface area contributed by atoms with E-state index in [9.17, 15) is 0 Å². The van der Waals surface area contributed by atoms with Crippen LogP contribution in [-0.2, 0) is 12.0 Å². The fraction of sp³-hybridized carbons (Fsp3) is 0.280. The van der Waals surface area contributed by atoms with E-state index >= 15 is 0 Å². The predicted octanol–water partition coefficient (Wildman–Crippen LogP) is 4.04. The lowest BCUT2D eigenvalue weighted by Crippen LogP contribution is -2.25. The summed E-state index contributed by atoms with van der Waals surface area (Å²) in [7, 11) is 0. The summed E-state index contributed by atoms with van der Waals surface area (Å²) in [6.07, 6.45) is 5.44. The number of nitrogens with two attached hydrogens (primary N) is 1. The van der Waals surface area contributed by atoms with E-state index in [1.165, 1.54) is 15.8 Å². The molecule has 170 valence electrons. The summed E-state index contributed by atoms with van der Waals surface area (Å²) in [5.41, 5.74) is 8.83. The monoisotopic (exact) mass is 444 g/mol. The molecule has 0 amide bonds. The Morgan fingerprint density at radius 2 is 1.61 bits per heavy atom. The van der Waals surface area contributed by atoms with Gasteiger partial charge < -0.3 is 9.47 Å². The Bertz CT molecular complexity index is 1160. The number of benzene rings is 2. The van der Waals surface area contributed by atoms with Crippen molar-refractivity contribution >= 4 is 0 Å². The van der Waals surface area contributed by atoms with Crippen LogP contribution in [0.4, 0.5) is 0 Å². The predicted molar refractivity (Wildman–Crippen MR) is 125 cm³/mol. The molecule has 1 unspecified atom stereocenters. The van der Waals surface area contributed by atoms with E-state index in [1.54, 1.807) is 18.6 Å². The zero-order valence-corrected chi connectivity index (χ0v) is 19.0. The minimum Gasteiger partial charge on any atom is -0.487 e. The third-order valence-corrected chi connectivity index (χ3v) is 5.56. The highest BCUT2D eigenvalue weighted by Crippen LogP contribution is 2.33. The van der Waals surface area contributed by atoms with Crippen molar-refractivity contribution in [2.24, 2.45) is 5.73 Å². The average molecular weight is 445 g/mol. The summed E-state index contributed by atoms with van der Waals surface area (Å²) >= 11 is 0. The van der Waals surface area contributed by atoms with E-state index in [2.05, 4.69) is 58.4 Å². The summed E-state index contributed by atoms with van der Waals surface area (Å²) in [6, 6.07) is 18.1. The van der Waals surface area contributed by atoms with Crippen molar-refractivity contribution < 1.29 is 9.47 Å². The number of hydrogen-bond donors (Lipinski definition) is 1. The van der Waals surface area contributed by atoms with Crippen LogP contribution >= 0.6 is 0 Å². The van der Waals surface area contributed by atoms with Gasteiger partial charge in [-0.25, -0.2) is 9.97 Å². The van der Waals surface area contributed by atoms with E-state index in [0.717, 1.165) is 23.6 Å². The summed E-state index contributed by atoms with van der Waals surface area (Å²) in [5.74, 6) is 2.01. The Morgan fingerprint density at radius 3 is 2.21 bits per heavy atom. The molecule has 0 aliphatic carbocycles. The van der Waals surface area contributed by atoms with Gasteiger partial charge in [-0.05, 0) is 47.9 Å². The van der Waals surface area contributed by atoms with Gasteiger partial charge in [0.05, 0.1) is 18.1 Å². The maximum Gasteiger partial charge on any atom is 0.252 e. The molecule has 0 bridgehead atoms. The molecule has 4 aromatic rings. The summed E-state index contributed by atoms with van der Waals surface area (Å²) in [6.45, 7) is 6.72. The van der Waals surface area contributed by atoms with E-state index in [-0.39, 0.29) is 11.6 Å². The maximum atomic E-state index is 5.94. The maximum absolute atomic E-state index is 5.94. The average Bonchev–Trinajstić information content (AvgIpc) is 3.39. The standard InChI is InChI=1S/C25H28N6O2/c1-4-23(26)33-22-11-7-19(8-12-22)25(2,3)18-5-9-21(10-6-18)32-17-20-13-14-27-24(29-20)31-16-15-28-30-31/h5-16,23H,4,17,26H2,1-3H3. The molecule has 0 aliphatic heterocycles.